The molecule has 3 rings (SSSR count). The van der Waals surface area contributed by atoms with Crippen molar-refractivity contribution in [2.45, 2.75) is 20.3 Å². The number of aromatic nitrogens is 1. The largest absolute Gasteiger partial charge is 0.494 e. The van der Waals surface area contributed by atoms with Crippen LogP contribution in [0, 0.1) is 0 Å². The molecule has 0 bridgehead atoms. The molecule has 0 fully saturated rings. The Morgan fingerprint density at radius 3 is 2.61 bits per heavy atom. The van der Waals surface area contributed by atoms with Crippen molar-refractivity contribution in [3.8, 4) is 11.5 Å². The second-order valence-electron chi connectivity index (χ2n) is 8.76. The van der Waals surface area contributed by atoms with Crippen molar-refractivity contribution in [3.05, 3.63) is 84.9 Å². The number of anilines is 2. The number of aromatic amines is 1. The number of ether oxygens (including phenoxy) is 2. The second-order valence-corrected chi connectivity index (χ2v) is 8.76. The molecule has 0 aliphatic heterocycles. The summed E-state index contributed by atoms with van der Waals surface area (Å²) >= 11 is 0. The molecule has 3 N–H and O–H groups in total. The first-order valence-electron chi connectivity index (χ1n) is 12.6. The van der Waals surface area contributed by atoms with Crippen LogP contribution in [0.3, 0.4) is 0 Å². The fourth-order valence-corrected chi connectivity index (χ4v) is 3.78. The first-order chi connectivity index (χ1) is 18.4. The monoisotopic (exact) mass is 515 g/mol. The van der Waals surface area contributed by atoms with Crippen molar-refractivity contribution in [3.63, 3.8) is 0 Å². The average molecular weight is 516 g/mol. The molecule has 8 nitrogen and oxygen atoms in total. The third-order valence-corrected chi connectivity index (χ3v) is 5.63. The lowest BCUT2D eigenvalue weighted by molar-refractivity contribution is -0.111. The molecule has 0 aliphatic rings. The van der Waals surface area contributed by atoms with Gasteiger partial charge in [0.1, 0.15) is 23.9 Å². The van der Waals surface area contributed by atoms with Crippen LogP contribution in [0.5, 0.6) is 11.5 Å². The van der Waals surface area contributed by atoms with E-state index in [2.05, 4.69) is 28.3 Å². The zero-order chi connectivity index (χ0) is 27.5. The number of amides is 1. The number of methoxy groups -OCH3 is 1. The smallest absolute Gasteiger partial charge is 0.247 e. The molecule has 0 spiro atoms. The van der Waals surface area contributed by atoms with E-state index >= 15 is 0 Å². The van der Waals surface area contributed by atoms with Crippen molar-refractivity contribution in [1.82, 2.24) is 9.88 Å². The quantitative estimate of drug-likeness (QED) is 0.193. The van der Waals surface area contributed by atoms with Crippen LogP contribution in [0.1, 0.15) is 25.8 Å². The van der Waals surface area contributed by atoms with Gasteiger partial charge in [-0.2, -0.15) is 0 Å². The molecule has 0 radical (unpaired) electrons. The highest BCUT2D eigenvalue weighted by molar-refractivity contribution is 6.16. The lowest BCUT2D eigenvalue weighted by Crippen LogP contribution is -2.20. The van der Waals surface area contributed by atoms with Crippen LogP contribution < -0.4 is 20.1 Å². The van der Waals surface area contributed by atoms with Crippen LogP contribution in [0.25, 0.3) is 10.9 Å². The van der Waals surface area contributed by atoms with Gasteiger partial charge in [-0.3, -0.25) is 4.79 Å². The highest BCUT2D eigenvalue weighted by Crippen LogP contribution is 2.37. The van der Waals surface area contributed by atoms with Crippen molar-refractivity contribution in [2.24, 2.45) is 4.99 Å². The number of H-pyrrole nitrogens is 1. The minimum atomic E-state index is -0.337. The highest BCUT2D eigenvalue weighted by Gasteiger charge is 2.15. The van der Waals surface area contributed by atoms with Gasteiger partial charge in [-0.15, -0.1) is 0 Å². The van der Waals surface area contributed by atoms with Crippen molar-refractivity contribution < 1.29 is 14.3 Å². The molecular formula is C30H37N5O3. The van der Waals surface area contributed by atoms with Crippen molar-refractivity contribution >= 4 is 33.9 Å². The number of rotatable bonds is 13. The van der Waals surface area contributed by atoms with E-state index in [0.717, 1.165) is 35.1 Å². The van der Waals surface area contributed by atoms with E-state index in [9.17, 15) is 4.79 Å². The predicted octanol–water partition coefficient (Wildman–Crippen LogP) is 5.97. The summed E-state index contributed by atoms with van der Waals surface area (Å²) in [5, 5.41) is 7.32. The standard InChI is InChI=1S/C30H37N5O3/c1-7-12-24(22-20-31-23-15-11-10-14-21(22)23)32-29(13-8-2)33-25-18-26(34-30(36)9-3)28(19-27(25)37-6)38-17-16-35(4)5/h7,9-15,18-20,31,33H,3,8,16-17H2,1-2,4-6H3,(H,34,36)/b12-7-,29-13-,32-24-. The second kappa shape index (κ2) is 13.9. The Balaban J connectivity index is 2.03. The number of hydrogen-bond donors (Lipinski definition) is 3. The number of nitrogens with one attached hydrogen (secondary N) is 3. The van der Waals surface area contributed by atoms with Crippen LogP contribution in [-0.4, -0.2) is 55.9 Å². The van der Waals surface area contributed by atoms with E-state index < -0.39 is 0 Å². The molecule has 3 aromatic rings. The maximum atomic E-state index is 12.2. The lowest BCUT2D eigenvalue weighted by atomic mass is 10.1. The van der Waals surface area contributed by atoms with Crippen molar-refractivity contribution in [1.29, 1.82) is 0 Å². The number of para-hydroxylation sites is 1. The summed E-state index contributed by atoms with van der Waals surface area (Å²) in [4.78, 5) is 22.5. The zero-order valence-corrected chi connectivity index (χ0v) is 22.8. The summed E-state index contributed by atoms with van der Waals surface area (Å²) in [5.74, 6) is 1.36. The SMILES string of the molecule is C=CC(=O)Nc1cc(NC(=C\CC)/N=C(/C=C\C)c2c[nH]c3ccccc23)c(OC)cc1OCCN(C)C. The first kappa shape index (κ1) is 28.3. The number of carbonyl (C=O) groups is 1. The number of likely N-dealkylation sites (N-methyl/N-ethyl adjacent to an activating group) is 1. The highest BCUT2D eigenvalue weighted by atomic mass is 16.5. The van der Waals surface area contributed by atoms with E-state index in [-0.39, 0.29) is 5.91 Å². The molecular weight excluding hydrogens is 478 g/mol. The van der Waals surface area contributed by atoms with Gasteiger partial charge in [-0.05, 0) is 57.8 Å². The van der Waals surface area contributed by atoms with Crippen molar-refractivity contribution in [2.75, 3.05) is 45.0 Å². The molecule has 0 saturated carbocycles. The Hall–Kier alpha value is -4.30. The number of benzene rings is 2. The Labute approximate surface area is 224 Å². The summed E-state index contributed by atoms with van der Waals surface area (Å²) in [6.45, 7) is 8.74. The normalized spacial score (nSPS) is 12.3. The number of nitrogens with zero attached hydrogens (tertiary/aromatic N) is 2. The van der Waals surface area contributed by atoms with Crippen LogP contribution in [0.2, 0.25) is 0 Å². The Morgan fingerprint density at radius 2 is 1.92 bits per heavy atom. The Kier molecular flexibility index (Phi) is 10.3. The number of hydrogen-bond acceptors (Lipinski definition) is 6. The van der Waals surface area contributed by atoms with Gasteiger partial charge in [0.25, 0.3) is 0 Å². The molecule has 0 unspecified atom stereocenters. The fraction of sp³-hybridized carbons (Fsp3) is 0.267. The van der Waals surface area contributed by atoms with Crippen LogP contribution in [0.4, 0.5) is 11.4 Å². The van der Waals surface area contributed by atoms with Gasteiger partial charge >= 0.3 is 0 Å². The molecule has 1 aromatic heterocycles. The van der Waals surface area contributed by atoms with Gasteiger partial charge in [0, 0.05) is 35.3 Å². The molecule has 8 heteroatoms. The third kappa shape index (κ3) is 7.36. The summed E-state index contributed by atoms with van der Waals surface area (Å²) < 4.78 is 11.7. The van der Waals surface area contributed by atoms with Crippen LogP contribution in [-0.2, 0) is 4.79 Å². The summed E-state index contributed by atoms with van der Waals surface area (Å²) in [5.41, 5.74) is 3.98. The molecule has 2 aromatic carbocycles. The molecule has 0 aliphatic carbocycles. The predicted molar refractivity (Wildman–Crippen MR) is 158 cm³/mol. The van der Waals surface area contributed by atoms with E-state index in [0.29, 0.717) is 35.3 Å². The Bertz CT molecular complexity index is 1350. The average Bonchev–Trinajstić information content (AvgIpc) is 3.33. The maximum absolute atomic E-state index is 12.2. The topological polar surface area (TPSA) is 91.0 Å². The Morgan fingerprint density at radius 1 is 1.16 bits per heavy atom. The van der Waals surface area contributed by atoms with Gasteiger partial charge in [0.2, 0.25) is 5.91 Å². The van der Waals surface area contributed by atoms with Gasteiger partial charge < -0.3 is 30.0 Å². The lowest BCUT2D eigenvalue weighted by Gasteiger charge is -2.19. The number of allylic oxidation sites excluding steroid dienone is 3. The fourth-order valence-electron chi connectivity index (χ4n) is 3.78. The van der Waals surface area contributed by atoms with Crippen LogP contribution >= 0.6 is 0 Å². The van der Waals surface area contributed by atoms with E-state index in [4.69, 9.17) is 14.5 Å². The maximum Gasteiger partial charge on any atom is 0.247 e. The molecule has 1 heterocycles. The molecule has 200 valence electrons. The summed E-state index contributed by atoms with van der Waals surface area (Å²) in [7, 11) is 5.53. The molecule has 0 atom stereocenters. The third-order valence-electron chi connectivity index (χ3n) is 5.63. The number of aliphatic imine (C=N–C) groups is 1. The molecule has 0 saturated heterocycles. The number of carbonyl (C=O) groups excluding carboxylic acids is 1. The molecule has 1 amide bonds. The minimum absolute atomic E-state index is 0.337. The van der Waals surface area contributed by atoms with E-state index in [1.54, 1.807) is 19.2 Å². The number of fused-ring (bicyclic) bond motifs is 1. The van der Waals surface area contributed by atoms with Gasteiger partial charge in [-0.1, -0.05) is 37.8 Å². The van der Waals surface area contributed by atoms with Gasteiger partial charge in [-0.25, -0.2) is 4.99 Å². The minimum Gasteiger partial charge on any atom is -0.494 e. The van der Waals surface area contributed by atoms with E-state index in [1.165, 1.54) is 6.08 Å². The van der Waals surface area contributed by atoms with Gasteiger partial charge in [0.05, 0.1) is 24.2 Å². The zero-order valence-electron chi connectivity index (χ0n) is 22.8. The summed E-state index contributed by atoms with van der Waals surface area (Å²) in [6.07, 6.45) is 9.90. The first-order valence-corrected chi connectivity index (χ1v) is 12.6. The van der Waals surface area contributed by atoms with Gasteiger partial charge in [0.15, 0.2) is 0 Å². The van der Waals surface area contributed by atoms with Crippen LogP contribution in [0.15, 0.2) is 84.3 Å². The molecule has 38 heavy (non-hydrogen) atoms. The van der Waals surface area contributed by atoms with E-state index in [1.807, 2.05) is 75.5 Å². The summed E-state index contributed by atoms with van der Waals surface area (Å²) in [6, 6.07) is 11.7.